The van der Waals surface area contributed by atoms with Gasteiger partial charge in [0.2, 0.25) is 0 Å². The van der Waals surface area contributed by atoms with Crippen LogP contribution in [0, 0.1) is 0 Å². The molecule has 0 atom stereocenters. The molecule has 0 radical (unpaired) electrons. The molecule has 0 aliphatic rings. The minimum absolute atomic E-state index is 0.548. The molecule has 23 heavy (non-hydrogen) atoms. The summed E-state index contributed by atoms with van der Waals surface area (Å²) in [5, 5.41) is 0. The zero-order valence-electron chi connectivity index (χ0n) is 12.2. The standard InChI is InChI=1S/C19H14Br2O2/c20-15-10-4-6-12-17(15)22-19(14-8-2-1-3-9-14)23-18-13-7-5-11-16(18)21/h1-13,19H. The van der Waals surface area contributed by atoms with Crippen molar-refractivity contribution < 1.29 is 9.47 Å². The van der Waals surface area contributed by atoms with Gasteiger partial charge in [-0.1, -0.05) is 54.6 Å². The predicted molar refractivity (Wildman–Crippen MR) is 98.7 cm³/mol. The molecule has 0 aliphatic carbocycles. The normalized spacial score (nSPS) is 10.6. The Hall–Kier alpha value is -1.78. The van der Waals surface area contributed by atoms with Crippen molar-refractivity contribution in [3.8, 4) is 11.5 Å². The Morgan fingerprint density at radius 2 is 1.00 bits per heavy atom. The molecular weight excluding hydrogens is 420 g/mol. The molecule has 0 aromatic heterocycles. The molecule has 3 rings (SSSR count). The SMILES string of the molecule is Brc1ccccc1OC(Oc1ccccc1Br)c1ccccc1. The minimum atomic E-state index is -0.548. The van der Waals surface area contributed by atoms with Crippen LogP contribution < -0.4 is 9.47 Å². The van der Waals surface area contributed by atoms with Crippen LogP contribution >= 0.6 is 31.9 Å². The van der Waals surface area contributed by atoms with Crippen LogP contribution in [0.5, 0.6) is 11.5 Å². The third-order valence-corrected chi connectivity index (χ3v) is 4.52. The largest absolute Gasteiger partial charge is 0.449 e. The van der Waals surface area contributed by atoms with E-state index in [1.54, 1.807) is 0 Å². The van der Waals surface area contributed by atoms with Gasteiger partial charge < -0.3 is 9.47 Å². The van der Waals surface area contributed by atoms with Crippen molar-refractivity contribution in [3.05, 3.63) is 93.4 Å². The van der Waals surface area contributed by atoms with Crippen molar-refractivity contribution in [2.45, 2.75) is 6.29 Å². The minimum Gasteiger partial charge on any atom is -0.449 e. The molecule has 116 valence electrons. The first-order valence-corrected chi connectivity index (χ1v) is 8.70. The summed E-state index contributed by atoms with van der Waals surface area (Å²) in [5.41, 5.74) is 0.944. The van der Waals surface area contributed by atoms with E-state index in [1.165, 1.54) is 0 Å². The summed E-state index contributed by atoms with van der Waals surface area (Å²) in [5.74, 6) is 1.46. The first kappa shape index (κ1) is 16.1. The fraction of sp³-hybridized carbons (Fsp3) is 0.0526. The lowest BCUT2D eigenvalue weighted by Gasteiger charge is -2.22. The number of ether oxygens (including phenoxy) is 2. The monoisotopic (exact) mass is 432 g/mol. The highest BCUT2D eigenvalue weighted by atomic mass is 79.9. The van der Waals surface area contributed by atoms with Gasteiger partial charge in [-0.15, -0.1) is 0 Å². The summed E-state index contributed by atoms with van der Waals surface area (Å²) in [6.07, 6.45) is -0.548. The maximum atomic E-state index is 6.10. The molecule has 0 fully saturated rings. The van der Waals surface area contributed by atoms with E-state index in [-0.39, 0.29) is 0 Å². The van der Waals surface area contributed by atoms with Crippen LogP contribution in [-0.4, -0.2) is 0 Å². The fourth-order valence-corrected chi connectivity index (χ4v) is 2.84. The molecule has 2 nitrogen and oxygen atoms in total. The van der Waals surface area contributed by atoms with E-state index in [9.17, 15) is 0 Å². The zero-order valence-corrected chi connectivity index (χ0v) is 15.3. The lowest BCUT2D eigenvalue weighted by molar-refractivity contribution is 0.00264. The number of para-hydroxylation sites is 2. The second-order valence-corrected chi connectivity index (χ2v) is 6.55. The van der Waals surface area contributed by atoms with E-state index in [1.807, 2.05) is 78.9 Å². The average molecular weight is 434 g/mol. The van der Waals surface area contributed by atoms with Crippen molar-refractivity contribution >= 4 is 31.9 Å². The first-order valence-electron chi connectivity index (χ1n) is 7.11. The Kier molecular flexibility index (Phi) is 5.36. The predicted octanol–water partition coefficient (Wildman–Crippen LogP) is 6.37. The van der Waals surface area contributed by atoms with Gasteiger partial charge in [-0.2, -0.15) is 0 Å². The van der Waals surface area contributed by atoms with Crippen LogP contribution in [0.15, 0.2) is 87.8 Å². The van der Waals surface area contributed by atoms with Gasteiger partial charge in [-0.25, -0.2) is 0 Å². The molecule has 0 heterocycles. The number of hydrogen-bond donors (Lipinski definition) is 0. The van der Waals surface area contributed by atoms with E-state index in [2.05, 4.69) is 31.9 Å². The van der Waals surface area contributed by atoms with E-state index >= 15 is 0 Å². The summed E-state index contributed by atoms with van der Waals surface area (Å²) in [7, 11) is 0. The van der Waals surface area contributed by atoms with Crippen molar-refractivity contribution in [2.75, 3.05) is 0 Å². The Morgan fingerprint density at radius 3 is 1.48 bits per heavy atom. The summed E-state index contributed by atoms with van der Waals surface area (Å²) in [6, 6.07) is 25.3. The van der Waals surface area contributed by atoms with Gasteiger partial charge in [0.15, 0.2) is 0 Å². The van der Waals surface area contributed by atoms with Crippen molar-refractivity contribution in [1.82, 2.24) is 0 Å². The average Bonchev–Trinajstić information content (AvgIpc) is 2.59. The smallest absolute Gasteiger partial charge is 0.267 e. The topological polar surface area (TPSA) is 18.5 Å². The molecule has 0 saturated carbocycles. The lowest BCUT2D eigenvalue weighted by Crippen LogP contribution is -2.15. The van der Waals surface area contributed by atoms with E-state index < -0.39 is 6.29 Å². The number of halogens is 2. The molecular formula is C19H14Br2O2. The maximum Gasteiger partial charge on any atom is 0.267 e. The number of rotatable bonds is 5. The summed E-state index contributed by atoms with van der Waals surface area (Å²) in [4.78, 5) is 0. The molecule has 3 aromatic rings. The maximum absolute atomic E-state index is 6.10. The van der Waals surface area contributed by atoms with Gasteiger partial charge in [0.25, 0.3) is 6.29 Å². The van der Waals surface area contributed by atoms with Crippen LogP contribution in [0.1, 0.15) is 11.9 Å². The quantitative estimate of drug-likeness (QED) is 0.435. The van der Waals surface area contributed by atoms with E-state index in [4.69, 9.17) is 9.47 Å². The van der Waals surface area contributed by atoms with Crippen molar-refractivity contribution in [2.24, 2.45) is 0 Å². The molecule has 4 heteroatoms. The van der Waals surface area contributed by atoms with E-state index in [0.29, 0.717) is 0 Å². The molecule has 0 unspecified atom stereocenters. The molecule has 0 bridgehead atoms. The van der Waals surface area contributed by atoms with Crippen molar-refractivity contribution in [3.63, 3.8) is 0 Å². The third kappa shape index (κ3) is 4.15. The Balaban J connectivity index is 1.91. The number of benzene rings is 3. The van der Waals surface area contributed by atoms with Crippen molar-refractivity contribution in [1.29, 1.82) is 0 Å². The van der Waals surface area contributed by atoms with Crippen LogP contribution in [-0.2, 0) is 0 Å². The molecule has 0 saturated heterocycles. The van der Waals surface area contributed by atoms with Gasteiger partial charge >= 0.3 is 0 Å². The molecule has 0 amide bonds. The fourth-order valence-electron chi connectivity index (χ4n) is 2.08. The molecule has 0 aliphatic heterocycles. The van der Waals surface area contributed by atoms with Gasteiger partial charge in [0.05, 0.1) is 8.95 Å². The molecule has 3 aromatic carbocycles. The highest BCUT2D eigenvalue weighted by molar-refractivity contribution is 9.10. The lowest BCUT2D eigenvalue weighted by atomic mass is 10.2. The van der Waals surface area contributed by atoms with Crippen LogP contribution in [0.3, 0.4) is 0 Å². The number of hydrogen-bond acceptors (Lipinski definition) is 2. The van der Waals surface area contributed by atoms with Crippen LogP contribution in [0.2, 0.25) is 0 Å². The van der Waals surface area contributed by atoms with Gasteiger partial charge in [-0.05, 0) is 56.1 Å². The summed E-state index contributed by atoms with van der Waals surface area (Å²) < 4.78 is 14.0. The highest BCUT2D eigenvalue weighted by Crippen LogP contribution is 2.33. The van der Waals surface area contributed by atoms with Crippen LogP contribution in [0.4, 0.5) is 0 Å². The zero-order chi connectivity index (χ0) is 16.1. The van der Waals surface area contributed by atoms with Gasteiger partial charge in [0.1, 0.15) is 11.5 Å². The summed E-state index contributed by atoms with van der Waals surface area (Å²) >= 11 is 7.01. The third-order valence-electron chi connectivity index (χ3n) is 3.21. The summed E-state index contributed by atoms with van der Waals surface area (Å²) in [6.45, 7) is 0. The van der Waals surface area contributed by atoms with E-state index in [0.717, 1.165) is 26.0 Å². The Morgan fingerprint density at radius 1 is 0.565 bits per heavy atom. The Labute approximate surface area is 152 Å². The Bertz CT molecular complexity index is 728. The first-order chi connectivity index (χ1) is 11.2. The molecule has 0 N–H and O–H groups in total. The second kappa shape index (κ2) is 7.66. The highest BCUT2D eigenvalue weighted by Gasteiger charge is 2.17. The van der Waals surface area contributed by atoms with Gasteiger partial charge in [0, 0.05) is 5.56 Å². The van der Waals surface area contributed by atoms with Gasteiger partial charge in [-0.3, -0.25) is 0 Å². The molecule has 0 spiro atoms. The van der Waals surface area contributed by atoms with Crippen LogP contribution in [0.25, 0.3) is 0 Å². The second-order valence-electron chi connectivity index (χ2n) is 4.84.